The van der Waals surface area contributed by atoms with E-state index in [4.69, 9.17) is 9.47 Å². The average Bonchev–Trinajstić information content (AvgIpc) is 3.37. The second kappa shape index (κ2) is 15.3. The first-order valence-electron chi connectivity index (χ1n) is 13.9. The van der Waals surface area contributed by atoms with E-state index >= 15 is 0 Å². The number of nitrogens with one attached hydrogen (secondary N) is 3. The van der Waals surface area contributed by atoms with Crippen molar-refractivity contribution in [2.45, 2.75) is 47.2 Å². The topological polar surface area (TPSA) is 183 Å². The monoisotopic (exact) mass is 592 g/mol. The second-order valence-corrected chi connectivity index (χ2v) is 9.66. The lowest BCUT2D eigenvalue weighted by atomic mass is 10.1. The number of aryl methyl sites for hydroxylation is 1. The number of ether oxygens (including phenoxy) is 2. The van der Waals surface area contributed by atoms with E-state index < -0.39 is 25.0 Å². The molecule has 1 aromatic carbocycles. The summed E-state index contributed by atoms with van der Waals surface area (Å²) < 4.78 is 10.6. The van der Waals surface area contributed by atoms with Crippen LogP contribution in [0.1, 0.15) is 75.1 Å². The van der Waals surface area contributed by atoms with Crippen molar-refractivity contribution in [3.8, 4) is 0 Å². The van der Waals surface area contributed by atoms with Crippen LogP contribution in [0.4, 0.5) is 10.5 Å². The van der Waals surface area contributed by atoms with Crippen molar-refractivity contribution < 1.29 is 34.4 Å². The van der Waals surface area contributed by atoms with Gasteiger partial charge in [-0.1, -0.05) is 13.0 Å². The minimum Gasteiger partial charge on any atom is -0.424 e. The zero-order valence-electron chi connectivity index (χ0n) is 25.0. The molecule has 228 valence electrons. The third kappa shape index (κ3) is 8.26. The third-order valence-corrected chi connectivity index (χ3v) is 6.20. The van der Waals surface area contributed by atoms with Crippen molar-refractivity contribution in [2.75, 3.05) is 24.8 Å². The molecule has 1 atom stereocenters. The number of amides is 3. The normalized spacial score (nSPS) is 11.8. The fourth-order valence-electron chi connectivity index (χ4n) is 4.06. The lowest BCUT2D eigenvalue weighted by Crippen LogP contribution is -2.59. The van der Waals surface area contributed by atoms with Crippen LogP contribution >= 0.6 is 0 Å². The summed E-state index contributed by atoms with van der Waals surface area (Å²) in [4.78, 5) is 64.5. The molecule has 43 heavy (non-hydrogen) atoms. The van der Waals surface area contributed by atoms with Gasteiger partial charge in [0.25, 0.3) is 11.8 Å². The third-order valence-electron chi connectivity index (χ3n) is 6.20. The predicted octanol–water partition coefficient (Wildman–Crippen LogP) is 2.71. The summed E-state index contributed by atoms with van der Waals surface area (Å²) in [5.74, 6) is -1.26. The first kappa shape index (κ1) is 32.5. The van der Waals surface area contributed by atoms with Crippen LogP contribution in [0.15, 0.2) is 53.9 Å². The molecule has 0 bridgehead atoms. The van der Waals surface area contributed by atoms with Gasteiger partial charge in [0, 0.05) is 44.2 Å². The van der Waals surface area contributed by atoms with Crippen LogP contribution in [0.5, 0.6) is 0 Å². The molecule has 13 heteroatoms. The van der Waals surface area contributed by atoms with Gasteiger partial charge < -0.3 is 30.8 Å². The van der Waals surface area contributed by atoms with Gasteiger partial charge in [0.2, 0.25) is 6.79 Å². The van der Waals surface area contributed by atoms with Crippen molar-refractivity contribution in [3.63, 3.8) is 0 Å². The highest BCUT2D eigenvalue weighted by Gasteiger charge is 2.31. The minimum absolute atomic E-state index is 0.0911. The molecular weight excluding hydrogens is 554 g/mol. The number of quaternary nitrogens is 1. The summed E-state index contributed by atoms with van der Waals surface area (Å²) in [7, 11) is 0. The van der Waals surface area contributed by atoms with Gasteiger partial charge in [0.1, 0.15) is 0 Å². The van der Waals surface area contributed by atoms with Gasteiger partial charge >= 0.3 is 12.1 Å². The van der Waals surface area contributed by atoms with Gasteiger partial charge in [-0.25, -0.2) is 19.5 Å². The predicted molar refractivity (Wildman–Crippen MR) is 160 cm³/mol. The summed E-state index contributed by atoms with van der Waals surface area (Å²) in [6, 6.07) is 7.99. The first-order chi connectivity index (χ1) is 20.6. The maximum absolute atomic E-state index is 13.8. The molecule has 0 spiro atoms. The number of carbonyl (C=O) groups is 4. The number of nitrogens with zero attached hydrogens (tertiary/aromatic N) is 3. The zero-order chi connectivity index (χ0) is 31.5. The smallest absolute Gasteiger partial charge is 0.423 e. The summed E-state index contributed by atoms with van der Waals surface area (Å²) in [6.07, 6.45) is 3.63. The largest absolute Gasteiger partial charge is 0.424 e. The highest BCUT2D eigenvalue weighted by molar-refractivity contribution is 6.23. The number of carbonyl (C=O) groups excluding carboxylic acids is 4. The number of aliphatic imine (C=N–C) groups is 1. The van der Waals surface area contributed by atoms with E-state index in [9.17, 15) is 19.2 Å². The number of pyridine rings is 1. The number of anilines is 1. The van der Waals surface area contributed by atoms with Crippen LogP contribution in [0, 0.1) is 13.8 Å². The summed E-state index contributed by atoms with van der Waals surface area (Å²) in [6.45, 7) is 9.16. The molecule has 13 nitrogen and oxygen atoms in total. The number of aromatic nitrogens is 2. The molecule has 2 heterocycles. The summed E-state index contributed by atoms with van der Waals surface area (Å²) in [5.41, 5.74) is 6.62. The molecule has 1 unspecified atom stereocenters. The Morgan fingerprint density at radius 2 is 1.84 bits per heavy atom. The van der Waals surface area contributed by atoms with Gasteiger partial charge in [-0.15, -0.1) is 0 Å². The van der Waals surface area contributed by atoms with Crippen LogP contribution < -0.4 is 21.3 Å². The van der Waals surface area contributed by atoms with Gasteiger partial charge in [-0.2, -0.15) is 0 Å². The molecular formula is C30H38N7O6+. The number of rotatable bonds is 11. The number of hydrogen-bond acceptors (Lipinski definition) is 8. The Morgan fingerprint density at radius 1 is 1.07 bits per heavy atom. The average molecular weight is 593 g/mol. The van der Waals surface area contributed by atoms with Crippen LogP contribution in [-0.2, 0) is 9.47 Å². The highest BCUT2D eigenvalue weighted by Crippen LogP contribution is 2.27. The Hall–Kier alpha value is -5.04. The highest BCUT2D eigenvalue weighted by atomic mass is 16.7. The standard InChI is InChI=1S/C30H37N7O6/c1-6-12-34-27(38)21-11-10-18(3)24(14-21)37(30(41)43-17-42-29(40)22-9-8-13-32-15-22)26(36-20(5)31)25-19(4)23(16-35-25)28(39)33-7-2/h8-11,13-16,20,35H,6-7,12,17,31H2,1-5H3,(H,33,39)(H,34,38)/p+1/b36-26+. The van der Waals surface area contributed by atoms with E-state index in [1.165, 1.54) is 29.6 Å². The molecule has 6 N–H and O–H groups in total. The van der Waals surface area contributed by atoms with E-state index in [2.05, 4.69) is 31.3 Å². The Balaban J connectivity index is 2.08. The van der Waals surface area contributed by atoms with Crippen molar-refractivity contribution in [1.82, 2.24) is 20.6 Å². The molecule has 0 aliphatic rings. The van der Waals surface area contributed by atoms with Crippen molar-refractivity contribution in [2.24, 2.45) is 4.99 Å². The molecule has 0 radical (unpaired) electrons. The molecule has 0 aliphatic carbocycles. The minimum atomic E-state index is -0.943. The maximum atomic E-state index is 13.8. The zero-order valence-corrected chi connectivity index (χ0v) is 25.0. The number of hydrogen-bond donors (Lipinski definition) is 4. The summed E-state index contributed by atoms with van der Waals surface area (Å²) >= 11 is 0. The SMILES string of the molecule is CCCNC(=O)c1ccc(C)c(N(C(=O)OCOC(=O)c2cccnc2)/C(=N/C(C)[NH3+])c2[nH]cc(C(=O)NCC)c2C)c1. The van der Waals surface area contributed by atoms with Gasteiger partial charge in [-0.3, -0.25) is 14.6 Å². The first-order valence-corrected chi connectivity index (χ1v) is 13.9. The van der Waals surface area contributed by atoms with Crippen molar-refractivity contribution >= 4 is 35.4 Å². The molecule has 0 fully saturated rings. The van der Waals surface area contributed by atoms with Gasteiger partial charge in [-0.05, 0) is 62.6 Å². The molecule has 3 rings (SSSR count). The molecule has 0 saturated heterocycles. The number of amidine groups is 1. The van der Waals surface area contributed by atoms with E-state index in [0.29, 0.717) is 46.7 Å². The Kier molecular flexibility index (Phi) is 11.5. The van der Waals surface area contributed by atoms with Gasteiger partial charge in [0.05, 0.1) is 22.5 Å². The van der Waals surface area contributed by atoms with Crippen LogP contribution in [-0.4, -0.2) is 65.7 Å². The molecule has 3 amide bonds. The van der Waals surface area contributed by atoms with Crippen molar-refractivity contribution in [3.05, 3.63) is 82.4 Å². The number of aromatic amines is 1. The fourth-order valence-corrected chi connectivity index (χ4v) is 4.06. The van der Waals surface area contributed by atoms with Gasteiger partial charge in [0.15, 0.2) is 12.0 Å². The fraction of sp³-hybridized carbons (Fsp3) is 0.333. The maximum Gasteiger partial charge on any atom is 0.423 e. The second-order valence-electron chi connectivity index (χ2n) is 9.66. The number of benzene rings is 1. The van der Waals surface area contributed by atoms with E-state index in [1.54, 1.807) is 45.0 Å². The van der Waals surface area contributed by atoms with Crippen LogP contribution in [0.3, 0.4) is 0 Å². The Bertz CT molecular complexity index is 1480. The van der Waals surface area contributed by atoms with Crippen LogP contribution in [0.2, 0.25) is 0 Å². The Morgan fingerprint density at radius 3 is 2.49 bits per heavy atom. The quantitative estimate of drug-likeness (QED) is 0.114. The molecule has 2 aromatic heterocycles. The lowest BCUT2D eigenvalue weighted by Gasteiger charge is -2.26. The van der Waals surface area contributed by atoms with Crippen LogP contribution in [0.25, 0.3) is 0 Å². The molecule has 0 aliphatic heterocycles. The number of H-pyrrole nitrogens is 1. The van der Waals surface area contributed by atoms with Crippen molar-refractivity contribution in [1.29, 1.82) is 0 Å². The van der Waals surface area contributed by atoms with E-state index in [-0.39, 0.29) is 23.2 Å². The molecule has 0 saturated carbocycles. The lowest BCUT2D eigenvalue weighted by molar-refractivity contribution is -0.411. The summed E-state index contributed by atoms with van der Waals surface area (Å²) in [5, 5.41) is 5.59. The molecule has 3 aromatic rings. The van der Waals surface area contributed by atoms with E-state index in [0.717, 1.165) is 6.42 Å². The number of esters is 1. The Labute approximate surface area is 249 Å². The van der Waals surface area contributed by atoms with E-state index in [1.807, 2.05) is 13.8 Å².